The first kappa shape index (κ1) is 14.6. The van der Waals surface area contributed by atoms with Crippen molar-refractivity contribution >= 4 is 0 Å². The molecule has 0 bridgehead atoms. The number of hydrogen-bond donors (Lipinski definition) is 1. The van der Waals surface area contributed by atoms with Gasteiger partial charge in [0.15, 0.2) is 0 Å². The summed E-state index contributed by atoms with van der Waals surface area (Å²) in [6, 6.07) is 14.8. The van der Waals surface area contributed by atoms with Crippen molar-refractivity contribution in [1.29, 1.82) is 0 Å². The highest BCUT2D eigenvalue weighted by molar-refractivity contribution is 5.25. The highest BCUT2D eigenvalue weighted by atomic mass is 19.4. The van der Waals surface area contributed by atoms with E-state index in [0.717, 1.165) is 23.3 Å². The number of alkyl halides is 3. The molecular weight excluding hydrogens is 263 g/mol. The van der Waals surface area contributed by atoms with E-state index < -0.39 is 11.7 Å². The summed E-state index contributed by atoms with van der Waals surface area (Å²) in [4.78, 5) is 0. The Hall–Kier alpha value is -1.81. The van der Waals surface area contributed by atoms with Gasteiger partial charge in [-0.2, -0.15) is 13.2 Å². The lowest BCUT2D eigenvalue weighted by Gasteiger charge is -2.12. The third-order valence-corrected chi connectivity index (χ3v) is 3.25. The van der Waals surface area contributed by atoms with E-state index in [1.807, 2.05) is 30.3 Å². The summed E-state index contributed by atoms with van der Waals surface area (Å²) in [5, 5.41) is 0. The number of halogens is 3. The Bertz CT molecular complexity index is 532. The molecule has 0 aliphatic rings. The zero-order chi connectivity index (χ0) is 14.6. The van der Waals surface area contributed by atoms with Gasteiger partial charge in [-0.15, -0.1) is 0 Å². The minimum Gasteiger partial charge on any atom is -0.324 e. The Morgan fingerprint density at radius 2 is 1.50 bits per heavy atom. The lowest BCUT2D eigenvalue weighted by Crippen LogP contribution is -2.11. The van der Waals surface area contributed by atoms with Crippen molar-refractivity contribution in [2.45, 2.75) is 25.1 Å². The molecule has 0 aliphatic carbocycles. The van der Waals surface area contributed by atoms with Gasteiger partial charge in [0.1, 0.15) is 0 Å². The molecule has 0 heterocycles. The van der Waals surface area contributed by atoms with E-state index in [1.165, 1.54) is 12.1 Å². The second-order valence-electron chi connectivity index (χ2n) is 4.75. The van der Waals surface area contributed by atoms with Gasteiger partial charge in [0.2, 0.25) is 0 Å². The summed E-state index contributed by atoms with van der Waals surface area (Å²) in [5.41, 5.74) is 7.35. The molecule has 0 aromatic heterocycles. The van der Waals surface area contributed by atoms with Crippen molar-refractivity contribution in [2.75, 3.05) is 0 Å². The Morgan fingerprint density at radius 1 is 0.900 bits per heavy atom. The van der Waals surface area contributed by atoms with E-state index in [-0.39, 0.29) is 6.04 Å². The fourth-order valence-electron chi connectivity index (χ4n) is 2.05. The molecule has 0 spiro atoms. The first-order valence-electron chi connectivity index (χ1n) is 6.43. The first-order chi connectivity index (χ1) is 9.47. The Labute approximate surface area is 116 Å². The van der Waals surface area contributed by atoms with Gasteiger partial charge in [-0.05, 0) is 36.1 Å². The number of benzene rings is 2. The molecule has 2 rings (SSSR count). The summed E-state index contributed by atoms with van der Waals surface area (Å²) >= 11 is 0. The molecule has 106 valence electrons. The zero-order valence-corrected chi connectivity index (χ0v) is 10.9. The van der Waals surface area contributed by atoms with Crippen LogP contribution in [0.2, 0.25) is 0 Å². The van der Waals surface area contributed by atoms with Crippen LogP contribution in [-0.2, 0) is 12.6 Å². The van der Waals surface area contributed by atoms with E-state index >= 15 is 0 Å². The van der Waals surface area contributed by atoms with Crippen LogP contribution in [0.25, 0.3) is 0 Å². The smallest absolute Gasteiger partial charge is 0.324 e. The van der Waals surface area contributed by atoms with Crippen LogP contribution in [-0.4, -0.2) is 0 Å². The lowest BCUT2D eigenvalue weighted by molar-refractivity contribution is -0.137. The van der Waals surface area contributed by atoms with Gasteiger partial charge in [0, 0.05) is 6.04 Å². The zero-order valence-electron chi connectivity index (χ0n) is 10.9. The molecule has 2 aromatic rings. The van der Waals surface area contributed by atoms with E-state index in [9.17, 15) is 13.2 Å². The van der Waals surface area contributed by atoms with Gasteiger partial charge < -0.3 is 5.73 Å². The molecule has 1 unspecified atom stereocenters. The molecule has 0 saturated heterocycles. The summed E-state index contributed by atoms with van der Waals surface area (Å²) in [5.74, 6) is 0. The molecule has 1 atom stereocenters. The second-order valence-corrected chi connectivity index (χ2v) is 4.75. The van der Waals surface area contributed by atoms with Gasteiger partial charge in [-0.25, -0.2) is 0 Å². The molecule has 20 heavy (non-hydrogen) atoms. The molecule has 1 nitrogen and oxygen atoms in total. The van der Waals surface area contributed by atoms with Gasteiger partial charge in [0.05, 0.1) is 5.56 Å². The minimum atomic E-state index is -4.28. The molecule has 4 heteroatoms. The highest BCUT2D eigenvalue weighted by Crippen LogP contribution is 2.29. The molecule has 0 aliphatic heterocycles. The molecule has 0 amide bonds. The fraction of sp³-hybridized carbons (Fsp3) is 0.250. The van der Waals surface area contributed by atoms with Crippen molar-refractivity contribution in [2.24, 2.45) is 5.73 Å². The van der Waals surface area contributed by atoms with E-state index in [1.54, 1.807) is 0 Å². The predicted octanol–water partition coefficient (Wildman–Crippen LogP) is 4.34. The topological polar surface area (TPSA) is 26.0 Å². The van der Waals surface area contributed by atoms with Crippen molar-refractivity contribution in [3.8, 4) is 0 Å². The molecular formula is C16H16F3N. The van der Waals surface area contributed by atoms with Crippen molar-refractivity contribution in [3.63, 3.8) is 0 Å². The van der Waals surface area contributed by atoms with E-state index in [4.69, 9.17) is 5.73 Å². The maximum Gasteiger partial charge on any atom is 0.416 e. The monoisotopic (exact) mass is 279 g/mol. The predicted molar refractivity (Wildman–Crippen MR) is 73.1 cm³/mol. The quantitative estimate of drug-likeness (QED) is 0.885. The van der Waals surface area contributed by atoms with Gasteiger partial charge in [-0.3, -0.25) is 0 Å². The standard InChI is InChI=1S/C16H16F3N/c17-16(18,19)14-9-6-12(7-10-14)8-11-15(20)13-4-2-1-3-5-13/h1-7,9-10,15H,8,11,20H2. The average molecular weight is 279 g/mol. The number of hydrogen-bond acceptors (Lipinski definition) is 1. The van der Waals surface area contributed by atoms with Gasteiger partial charge in [-0.1, -0.05) is 42.5 Å². The van der Waals surface area contributed by atoms with Crippen LogP contribution in [0, 0.1) is 0 Å². The van der Waals surface area contributed by atoms with Gasteiger partial charge >= 0.3 is 6.18 Å². The SMILES string of the molecule is NC(CCc1ccc(C(F)(F)F)cc1)c1ccccc1. The maximum atomic E-state index is 12.4. The number of aryl methyl sites for hydroxylation is 1. The lowest BCUT2D eigenvalue weighted by atomic mass is 9.99. The van der Waals surface area contributed by atoms with Crippen molar-refractivity contribution < 1.29 is 13.2 Å². The Kier molecular flexibility index (Phi) is 4.45. The van der Waals surface area contributed by atoms with Gasteiger partial charge in [0.25, 0.3) is 0 Å². The Balaban J connectivity index is 1.94. The van der Waals surface area contributed by atoms with Crippen LogP contribution in [0.3, 0.4) is 0 Å². The third kappa shape index (κ3) is 3.84. The molecule has 0 radical (unpaired) electrons. The van der Waals surface area contributed by atoms with Crippen LogP contribution in [0.15, 0.2) is 54.6 Å². The van der Waals surface area contributed by atoms with Crippen LogP contribution >= 0.6 is 0 Å². The summed E-state index contributed by atoms with van der Waals surface area (Å²) < 4.78 is 37.3. The normalized spacial score (nSPS) is 13.2. The third-order valence-electron chi connectivity index (χ3n) is 3.25. The molecule has 0 saturated carbocycles. The first-order valence-corrected chi connectivity index (χ1v) is 6.43. The molecule has 2 aromatic carbocycles. The second kappa shape index (κ2) is 6.09. The number of rotatable bonds is 4. The van der Waals surface area contributed by atoms with E-state index in [2.05, 4.69) is 0 Å². The van der Waals surface area contributed by atoms with E-state index in [0.29, 0.717) is 12.8 Å². The van der Waals surface area contributed by atoms with Crippen LogP contribution in [0.1, 0.15) is 29.2 Å². The number of nitrogens with two attached hydrogens (primary N) is 1. The molecule has 2 N–H and O–H groups in total. The summed E-state index contributed by atoms with van der Waals surface area (Å²) in [7, 11) is 0. The van der Waals surface area contributed by atoms with Crippen molar-refractivity contribution in [1.82, 2.24) is 0 Å². The maximum absolute atomic E-state index is 12.4. The van der Waals surface area contributed by atoms with Crippen LogP contribution in [0.4, 0.5) is 13.2 Å². The largest absolute Gasteiger partial charge is 0.416 e. The fourth-order valence-corrected chi connectivity index (χ4v) is 2.05. The highest BCUT2D eigenvalue weighted by Gasteiger charge is 2.29. The minimum absolute atomic E-state index is 0.0986. The summed E-state index contributed by atoms with van der Waals surface area (Å²) in [6.45, 7) is 0. The average Bonchev–Trinajstić information content (AvgIpc) is 2.45. The summed E-state index contributed by atoms with van der Waals surface area (Å²) in [6.07, 6.45) is -2.91. The van der Waals surface area contributed by atoms with Crippen LogP contribution in [0.5, 0.6) is 0 Å². The molecule has 0 fully saturated rings. The Morgan fingerprint density at radius 3 is 2.05 bits per heavy atom. The van der Waals surface area contributed by atoms with Crippen molar-refractivity contribution in [3.05, 3.63) is 71.3 Å². The van der Waals surface area contributed by atoms with Crippen LogP contribution < -0.4 is 5.73 Å².